The van der Waals surface area contributed by atoms with E-state index in [0.29, 0.717) is 29.7 Å². The second-order valence-corrected chi connectivity index (χ2v) is 6.26. The number of aliphatic hydroxyl groups is 1. The maximum Gasteiger partial charge on any atom is 0.319 e. The first-order valence-corrected chi connectivity index (χ1v) is 7.91. The third kappa shape index (κ3) is 5.03. The number of ether oxygens (including phenoxy) is 1. The Hall–Kier alpha value is -2.47. The molecule has 2 amide bonds. The fourth-order valence-corrected chi connectivity index (χ4v) is 2.04. The van der Waals surface area contributed by atoms with E-state index in [1.54, 1.807) is 31.2 Å². The smallest absolute Gasteiger partial charge is 0.319 e. The molecule has 6 nitrogen and oxygen atoms in total. The second-order valence-electron chi connectivity index (χ2n) is 6.26. The Kier molecular flexibility index (Phi) is 5.87. The lowest BCUT2D eigenvalue weighted by molar-refractivity contribution is 0.0372. The molecule has 0 fully saturated rings. The summed E-state index contributed by atoms with van der Waals surface area (Å²) < 4.78 is 10.9. The zero-order valence-corrected chi connectivity index (χ0v) is 14.2. The van der Waals surface area contributed by atoms with Crippen molar-refractivity contribution in [3.8, 4) is 5.75 Å². The third-order valence-corrected chi connectivity index (χ3v) is 3.35. The van der Waals surface area contributed by atoms with Gasteiger partial charge in [0.15, 0.2) is 0 Å². The highest BCUT2D eigenvalue weighted by molar-refractivity contribution is 5.90. The van der Waals surface area contributed by atoms with E-state index >= 15 is 0 Å². The average molecular weight is 332 g/mol. The van der Waals surface area contributed by atoms with E-state index in [-0.39, 0.29) is 6.54 Å². The van der Waals surface area contributed by atoms with Crippen molar-refractivity contribution < 1.29 is 19.1 Å². The molecule has 130 valence electrons. The standard InChI is InChI=1S/C18H24N2O4/c1-13(2)11-24-15-8-5-4-7-14(15)20-17(21)19-12-18(3,22)16-9-6-10-23-16/h4-10,13,22H,11-12H2,1-3H3,(H2,19,20,21). The van der Waals surface area contributed by atoms with Crippen LogP contribution in [0.25, 0.3) is 0 Å². The van der Waals surface area contributed by atoms with Crippen LogP contribution >= 0.6 is 0 Å². The normalized spacial score (nSPS) is 13.4. The number of anilines is 1. The molecule has 3 N–H and O–H groups in total. The van der Waals surface area contributed by atoms with Crippen LogP contribution in [-0.4, -0.2) is 24.3 Å². The van der Waals surface area contributed by atoms with Crippen LogP contribution in [-0.2, 0) is 5.60 Å². The number of hydrogen-bond acceptors (Lipinski definition) is 4. The van der Waals surface area contributed by atoms with E-state index in [9.17, 15) is 9.90 Å². The summed E-state index contributed by atoms with van der Waals surface area (Å²) in [7, 11) is 0. The van der Waals surface area contributed by atoms with Gasteiger partial charge in [0.2, 0.25) is 0 Å². The number of carbonyl (C=O) groups excluding carboxylic acids is 1. The summed E-state index contributed by atoms with van der Waals surface area (Å²) >= 11 is 0. The van der Waals surface area contributed by atoms with Crippen molar-refractivity contribution in [1.29, 1.82) is 0 Å². The summed E-state index contributed by atoms with van der Waals surface area (Å²) in [5.74, 6) is 1.39. The summed E-state index contributed by atoms with van der Waals surface area (Å²) in [6.07, 6.45) is 1.48. The van der Waals surface area contributed by atoms with Crippen molar-refractivity contribution in [2.24, 2.45) is 5.92 Å². The lowest BCUT2D eigenvalue weighted by Gasteiger charge is -2.21. The van der Waals surface area contributed by atoms with Gasteiger partial charge < -0.3 is 24.9 Å². The Morgan fingerprint density at radius 3 is 2.71 bits per heavy atom. The van der Waals surface area contributed by atoms with Gasteiger partial charge >= 0.3 is 6.03 Å². The van der Waals surface area contributed by atoms with Crippen molar-refractivity contribution in [3.05, 3.63) is 48.4 Å². The Morgan fingerprint density at radius 2 is 2.04 bits per heavy atom. The molecule has 6 heteroatoms. The largest absolute Gasteiger partial charge is 0.491 e. The fourth-order valence-electron chi connectivity index (χ4n) is 2.04. The Labute approximate surface area is 141 Å². The fraction of sp³-hybridized carbons (Fsp3) is 0.389. The first-order chi connectivity index (χ1) is 11.4. The molecular weight excluding hydrogens is 308 g/mol. The van der Waals surface area contributed by atoms with Gasteiger partial charge in [0, 0.05) is 0 Å². The predicted molar refractivity (Wildman–Crippen MR) is 92.1 cm³/mol. The summed E-state index contributed by atoms with van der Waals surface area (Å²) in [6.45, 7) is 6.26. The maximum atomic E-state index is 12.1. The third-order valence-electron chi connectivity index (χ3n) is 3.35. The molecule has 0 aliphatic heterocycles. The average Bonchev–Trinajstić information content (AvgIpc) is 3.07. The predicted octanol–water partition coefficient (Wildman–Crippen LogP) is 3.34. The van der Waals surface area contributed by atoms with Crippen molar-refractivity contribution in [3.63, 3.8) is 0 Å². The molecule has 0 aliphatic rings. The van der Waals surface area contributed by atoms with Crippen molar-refractivity contribution in [1.82, 2.24) is 5.32 Å². The quantitative estimate of drug-likeness (QED) is 0.726. The van der Waals surface area contributed by atoms with E-state index in [0.717, 1.165) is 0 Å². The zero-order chi connectivity index (χ0) is 17.6. The van der Waals surface area contributed by atoms with Gasteiger partial charge in [-0.2, -0.15) is 0 Å². The van der Waals surface area contributed by atoms with Gasteiger partial charge in [-0.15, -0.1) is 0 Å². The Morgan fingerprint density at radius 1 is 1.29 bits per heavy atom. The monoisotopic (exact) mass is 332 g/mol. The molecule has 1 atom stereocenters. The Balaban J connectivity index is 1.93. The molecule has 2 rings (SSSR count). The molecular formula is C18H24N2O4. The van der Waals surface area contributed by atoms with Crippen LogP contribution in [0.2, 0.25) is 0 Å². The number of nitrogens with one attached hydrogen (secondary N) is 2. The first-order valence-electron chi connectivity index (χ1n) is 7.91. The topological polar surface area (TPSA) is 83.7 Å². The van der Waals surface area contributed by atoms with E-state index in [1.807, 2.05) is 12.1 Å². The van der Waals surface area contributed by atoms with Crippen LogP contribution in [0.15, 0.2) is 47.1 Å². The van der Waals surface area contributed by atoms with E-state index in [1.165, 1.54) is 6.26 Å². The first kappa shape index (κ1) is 17.9. The minimum atomic E-state index is -1.28. The highest BCUT2D eigenvalue weighted by Crippen LogP contribution is 2.24. The second kappa shape index (κ2) is 7.88. The van der Waals surface area contributed by atoms with Gasteiger partial charge in [-0.3, -0.25) is 0 Å². The van der Waals surface area contributed by atoms with Gasteiger partial charge in [-0.05, 0) is 37.1 Å². The minimum absolute atomic E-state index is 0.0152. The summed E-state index contributed by atoms with van der Waals surface area (Å²) in [5.41, 5.74) is -0.706. The molecule has 1 aromatic carbocycles. The molecule has 1 aromatic heterocycles. The molecule has 0 bridgehead atoms. The summed E-state index contributed by atoms with van der Waals surface area (Å²) in [4.78, 5) is 12.1. The number of para-hydroxylation sites is 2. The van der Waals surface area contributed by atoms with Gasteiger partial charge in [-0.25, -0.2) is 4.79 Å². The maximum absolute atomic E-state index is 12.1. The minimum Gasteiger partial charge on any atom is -0.491 e. The van der Waals surface area contributed by atoms with Crippen LogP contribution in [0.4, 0.5) is 10.5 Å². The molecule has 0 aliphatic carbocycles. The zero-order valence-electron chi connectivity index (χ0n) is 14.2. The molecule has 0 radical (unpaired) electrons. The van der Waals surface area contributed by atoms with Crippen LogP contribution in [0.1, 0.15) is 26.5 Å². The Bertz CT molecular complexity index is 651. The van der Waals surface area contributed by atoms with Crippen LogP contribution in [0.3, 0.4) is 0 Å². The van der Waals surface area contributed by atoms with Gasteiger partial charge in [0.1, 0.15) is 17.1 Å². The lowest BCUT2D eigenvalue weighted by Crippen LogP contribution is -2.40. The molecule has 1 unspecified atom stereocenters. The summed E-state index contributed by atoms with van der Waals surface area (Å²) in [6, 6.07) is 10.2. The number of benzene rings is 1. The van der Waals surface area contributed by atoms with Crippen molar-refractivity contribution in [2.75, 3.05) is 18.5 Å². The SMILES string of the molecule is CC(C)COc1ccccc1NC(=O)NCC(C)(O)c1ccco1. The number of carbonyl (C=O) groups is 1. The van der Waals surface area contributed by atoms with E-state index in [4.69, 9.17) is 9.15 Å². The highest BCUT2D eigenvalue weighted by atomic mass is 16.5. The molecule has 1 heterocycles. The number of amides is 2. The van der Waals surface area contributed by atoms with Crippen LogP contribution in [0.5, 0.6) is 5.75 Å². The highest BCUT2D eigenvalue weighted by Gasteiger charge is 2.26. The molecule has 24 heavy (non-hydrogen) atoms. The van der Waals surface area contributed by atoms with Crippen LogP contribution < -0.4 is 15.4 Å². The van der Waals surface area contributed by atoms with E-state index < -0.39 is 11.6 Å². The van der Waals surface area contributed by atoms with Gasteiger partial charge in [0.05, 0.1) is 25.1 Å². The molecule has 2 aromatic rings. The van der Waals surface area contributed by atoms with Gasteiger partial charge in [-0.1, -0.05) is 26.0 Å². The lowest BCUT2D eigenvalue weighted by atomic mass is 10.0. The van der Waals surface area contributed by atoms with Crippen molar-refractivity contribution in [2.45, 2.75) is 26.4 Å². The van der Waals surface area contributed by atoms with E-state index in [2.05, 4.69) is 24.5 Å². The van der Waals surface area contributed by atoms with Crippen molar-refractivity contribution >= 4 is 11.7 Å². The number of urea groups is 1. The number of hydrogen-bond donors (Lipinski definition) is 3. The molecule has 0 saturated heterocycles. The molecule has 0 spiro atoms. The number of furan rings is 1. The van der Waals surface area contributed by atoms with Gasteiger partial charge in [0.25, 0.3) is 0 Å². The molecule has 0 saturated carbocycles. The summed E-state index contributed by atoms with van der Waals surface area (Å²) in [5, 5.41) is 15.7. The van der Waals surface area contributed by atoms with Crippen LogP contribution in [0, 0.1) is 5.92 Å². The number of rotatable bonds is 7.